The predicted molar refractivity (Wildman–Crippen MR) is 235 cm³/mol. The first-order chi connectivity index (χ1) is 27.2. The molecule has 14 heteroatoms. The zero-order valence-electron chi connectivity index (χ0n) is 34.7. The first kappa shape index (κ1) is 47.4. The fraction of sp³-hybridized carbons (Fsp3) is 0.386. The Labute approximate surface area is 349 Å². The van der Waals surface area contributed by atoms with Crippen LogP contribution in [0.5, 0.6) is 11.5 Å². The van der Waals surface area contributed by atoms with Crippen LogP contribution in [0.3, 0.4) is 0 Å². The zero-order valence-corrected chi connectivity index (χ0v) is 36.6. The van der Waals surface area contributed by atoms with Crippen molar-refractivity contribution in [1.29, 1.82) is 0 Å². The fourth-order valence-electron chi connectivity index (χ4n) is 6.09. The molecule has 2 N–H and O–H groups in total. The van der Waals surface area contributed by atoms with Crippen LogP contribution in [0.2, 0.25) is 0 Å². The molecule has 0 saturated heterocycles. The molecule has 2 atom stereocenters. The van der Waals surface area contributed by atoms with Crippen LogP contribution in [-0.2, 0) is 30.0 Å². The lowest BCUT2D eigenvalue weighted by Crippen LogP contribution is -2.32. The number of carbonyl (C=O) groups excluding carboxylic acids is 3. The Kier molecular flexibility index (Phi) is 18.7. The first-order valence-electron chi connectivity index (χ1n) is 19.2. The van der Waals surface area contributed by atoms with Crippen molar-refractivity contribution < 1.29 is 42.2 Å². The molecule has 0 radical (unpaired) electrons. The van der Waals surface area contributed by atoms with Gasteiger partial charge < -0.3 is 34.3 Å². The maximum Gasteiger partial charge on any atom is 0.376 e. The van der Waals surface area contributed by atoms with Gasteiger partial charge in [0.1, 0.15) is 0 Å². The maximum absolute atomic E-state index is 13.3. The number of anilines is 3. The lowest BCUT2D eigenvalue weighted by atomic mass is 9.92. The van der Waals surface area contributed by atoms with Crippen LogP contribution >= 0.6 is 21.1 Å². The van der Waals surface area contributed by atoms with E-state index in [0.717, 1.165) is 35.5 Å². The molecule has 0 heterocycles. The molecule has 0 aliphatic rings. The van der Waals surface area contributed by atoms with Crippen LogP contribution in [0.4, 0.5) is 21.9 Å². The van der Waals surface area contributed by atoms with Crippen molar-refractivity contribution in [3.05, 3.63) is 113 Å². The normalized spacial score (nSPS) is 12.4. The topological polar surface area (TPSA) is 142 Å². The summed E-state index contributed by atoms with van der Waals surface area (Å²) in [5.74, 6) is -0.532. The van der Waals surface area contributed by atoms with Crippen molar-refractivity contribution in [1.82, 2.24) is 0 Å². The fourth-order valence-corrected chi connectivity index (χ4v) is 7.03. The van der Waals surface area contributed by atoms with Gasteiger partial charge in [-0.1, -0.05) is 88.7 Å². The van der Waals surface area contributed by atoms with Gasteiger partial charge in [-0.2, -0.15) is 13.5 Å². The van der Waals surface area contributed by atoms with Crippen molar-refractivity contribution in [2.24, 2.45) is 11.8 Å². The van der Waals surface area contributed by atoms with Crippen LogP contribution in [0.15, 0.2) is 91.0 Å². The highest BCUT2D eigenvalue weighted by molar-refractivity contribution is 7.59. The monoisotopic (exact) mass is 835 g/mol. The molecule has 12 nitrogen and oxygen atoms in total. The number of methoxy groups -OCH3 is 1. The van der Waals surface area contributed by atoms with Gasteiger partial charge in [-0.15, -0.1) is 0 Å². The van der Waals surface area contributed by atoms with Crippen molar-refractivity contribution in [2.75, 3.05) is 49.2 Å². The summed E-state index contributed by atoms with van der Waals surface area (Å²) in [5, 5.41) is 5.99. The van der Waals surface area contributed by atoms with Crippen LogP contribution in [0, 0.1) is 18.8 Å². The molecule has 4 aromatic carbocycles. The number of ether oxygens (including phenoxy) is 3. The van der Waals surface area contributed by atoms with Crippen molar-refractivity contribution in [2.45, 2.75) is 66.9 Å². The molecule has 0 saturated carbocycles. The Bertz CT molecular complexity index is 1980. The smallest absolute Gasteiger partial charge is 0.376 e. The van der Waals surface area contributed by atoms with Gasteiger partial charge in [0.05, 0.1) is 37.1 Å². The lowest BCUT2D eigenvalue weighted by Gasteiger charge is -2.31. The van der Waals surface area contributed by atoms with E-state index in [2.05, 4.69) is 43.2 Å². The molecule has 4 rings (SSSR count). The standard InChI is InChI=1S/C44H56N3O9P.H2S/c1-9-34(35-17-21-39(47(26-30(2)3)27-31(4)5)38(23-35)46-44(50)45-37-19-15-32(6)16-20-37)25-42(48)53-29-54-43(49)36-18-22-40(41(24-36)52-7)56-57(8,51)55-28-33-13-11-10-12-14-33;/h10-24,30-31,34H,9,25-29H2,1-8H3,(H2,45,46,50);1H2/t34-,57?;/m0./s1. The predicted octanol–water partition coefficient (Wildman–Crippen LogP) is 10.5. The summed E-state index contributed by atoms with van der Waals surface area (Å²) in [4.78, 5) is 41.5. The highest BCUT2D eigenvalue weighted by atomic mass is 32.1. The van der Waals surface area contributed by atoms with Gasteiger partial charge in [0, 0.05) is 25.4 Å². The molecule has 314 valence electrons. The Morgan fingerprint density at radius 3 is 2.10 bits per heavy atom. The van der Waals surface area contributed by atoms with E-state index < -0.39 is 26.3 Å². The minimum Gasteiger partial charge on any atom is -0.493 e. The van der Waals surface area contributed by atoms with Crippen LogP contribution < -0.4 is 24.8 Å². The quantitative estimate of drug-likeness (QED) is 0.0502. The highest BCUT2D eigenvalue weighted by Gasteiger charge is 2.24. The first-order valence-corrected chi connectivity index (χ1v) is 21.1. The van der Waals surface area contributed by atoms with E-state index in [1.807, 2.05) is 86.6 Å². The van der Waals surface area contributed by atoms with E-state index in [-0.39, 0.29) is 55.5 Å². The summed E-state index contributed by atoms with van der Waals surface area (Å²) in [6.45, 7) is 15.0. The molecule has 0 bridgehead atoms. The van der Waals surface area contributed by atoms with Gasteiger partial charge in [0.2, 0.25) is 6.79 Å². The average Bonchev–Trinajstić information content (AvgIpc) is 3.16. The number of nitrogens with zero attached hydrogens (tertiary/aromatic N) is 1. The highest BCUT2D eigenvalue weighted by Crippen LogP contribution is 2.48. The summed E-state index contributed by atoms with van der Waals surface area (Å²) in [6.07, 6.45) is 0.633. The molecular formula is C44H58N3O9PS. The van der Waals surface area contributed by atoms with E-state index in [9.17, 15) is 18.9 Å². The summed E-state index contributed by atoms with van der Waals surface area (Å²) in [7, 11) is -2.16. The van der Waals surface area contributed by atoms with Gasteiger partial charge >= 0.3 is 25.6 Å². The molecule has 2 amide bonds. The number of carbonyl (C=O) groups is 3. The minimum absolute atomic E-state index is 0. The molecule has 0 aliphatic heterocycles. The number of urea groups is 1. The van der Waals surface area contributed by atoms with E-state index in [0.29, 0.717) is 29.6 Å². The molecule has 0 spiro atoms. The van der Waals surface area contributed by atoms with Crippen LogP contribution in [0.1, 0.15) is 80.4 Å². The number of nitrogens with one attached hydrogen (secondary N) is 2. The van der Waals surface area contributed by atoms with Gasteiger partial charge in [-0.25, -0.2) is 14.2 Å². The summed E-state index contributed by atoms with van der Waals surface area (Å²) in [5.41, 5.74) is 5.07. The second kappa shape index (κ2) is 22.8. The second-order valence-electron chi connectivity index (χ2n) is 14.8. The summed E-state index contributed by atoms with van der Waals surface area (Å²) in [6, 6.07) is 26.6. The van der Waals surface area contributed by atoms with Crippen molar-refractivity contribution in [3.63, 3.8) is 0 Å². The van der Waals surface area contributed by atoms with Gasteiger partial charge in [-0.05, 0) is 84.7 Å². The molecule has 58 heavy (non-hydrogen) atoms. The largest absolute Gasteiger partial charge is 0.493 e. The second-order valence-corrected chi connectivity index (χ2v) is 16.8. The number of hydrogen-bond donors (Lipinski definition) is 2. The maximum atomic E-state index is 13.3. The Balaban J connectivity index is 0.00000900. The van der Waals surface area contributed by atoms with Gasteiger partial charge in [0.25, 0.3) is 0 Å². The Morgan fingerprint density at radius 1 is 0.810 bits per heavy atom. The zero-order chi connectivity index (χ0) is 41.5. The lowest BCUT2D eigenvalue weighted by molar-refractivity contribution is -0.152. The van der Waals surface area contributed by atoms with Crippen molar-refractivity contribution in [3.8, 4) is 11.5 Å². The Hall–Kier alpha value is -4.97. The van der Waals surface area contributed by atoms with Gasteiger partial charge in [0.15, 0.2) is 11.5 Å². The van der Waals surface area contributed by atoms with E-state index >= 15 is 0 Å². The molecule has 1 unspecified atom stereocenters. The average molecular weight is 836 g/mol. The van der Waals surface area contributed by atoms with E-state index in [1.165, 1.54) is 32.0 Å². The van der Waals surface area contributed by atoms with Crippen LogP contribution in [-0.4, -0.2) is 51.6 Å². The third kappa shape index (κ3) is 15.1. The third-order valence-electron chi connectivity index (χ3n) is 8.85. The summed E-state index contributed by atoms with van der Waals surface area (Å²) >= 11 is 0. The number of hydrogen-bond acceptors (Lipinski definition) is 10. The number of amides is 2. The molecule has 0 aromatic heterocycles. The third-order valence-corrected chi connectivity index (χ3v) is 9.98. The van der Waals surface area contributed by atoms with Crippen molar-refractivity contribution >= 4 is 56.1 Å². The van der Waals surface area contributed by atoms with E-state index in [4.69, 9.17) is 23.3 Å². The molecule has 0 aliphatic carbocycles. The SMILES string of the molecule is CC[C@@H](CC(=O)OCOC(=O)c1ccc(OP(C)(=O)OCc2ccccc2)c(OC)c1)c1ccc(N(CC(C)C)CC(C)C)c(NC(=O)Nc2ccc(C)cc2)c1.S. The number of benzene rings is 4. The summed E-state index contributed by atoms with van der Waals surface area (Å²) < 4.78 is 40.2. The molecular weight excluding hydrogens is 778 g/mol. The Morgan fingerprint density at radius 2 is 1.48 bits per heavy atom. The number of aryl methyl sites for hydroxylation is 1. The van der Waals surface area contributed by atoms with Crippen LogP contribution in [0.25, 0.3) is 0 Å². The number of esters is 2. The molecule has 0 fully saturated rings. The van der Waals surface area contributed by atoms with Gasteiger partial charge in [-0.3, -0.25) is 9.32 Å². The number of rotatable bonds is 20. The van der Waals surface area contributed by atoms with E-state index in [1.54, 1.807) is 0 Å². The molecule has 4 aromatic rings. The minimum atomic E-state index is -3.54.